The fourth-order valence-electron chi connectivity index (χ4n) is 2.58. The van der Waals surface area contributed by atoms with Gasteiger partial charge in [0.15, 0.2) is 5.78 Å². The number of aliphatic hydroxyl groups is 1. The van der Waals surface area contributed by atoms with Crippen LogP contribution in [0.5, 0.6) is 5.75 Å². The smallest absolute Gasteiger partial charge is 0.192 e. The molecule has 0 amide bonds. The van der Waals surface area contributed by atoms with Gasteiger partial charge in [-0.15, -0.1) is 0 Å². The second kappa shape index (κ2) is 7.41. The number of hydrogen-bond donors (Lipinski definition) is 1. The van der Waals surface area contributed by atoms with Gasteiger partial charge in [0.25, 0.3) is 0 Å². The molecule has 0 aliphatic heterocycles. The van der Waals surface area contributed by atoms with E-state index in [2.05, 4.69) is 6.58 Å². The monoisotopic (exact) mass is 328 g/mol. The SMILES string of the molecule is C=C(C)C(=O)c1c(C)c(F)c(CO)c(C)c1OCc1ccccc1. The summed E-state index contributed by atoms with van der Waals surface area (Å²) in [6.07, 6.45) is 0. The van der Waals surface area contributed by atoms with Crippen LogP contribution in [0.25, 0.3) is 0 Å². The fraction of sp³-hybridized carbons (Fsp3) is 0.250. The molecule has 2 aromatic carbocycles. The predicted molar refractivity (Wildman–Crippen MR) is 91.7 cm³/mol. The first kappa shape index (κ1) is 17.9. The Morgan fingerprint density at radius 1 is 1.21 bits per heavy atom. The topological polar surface area (TPSA) is 46.5 Å². The van der Waals surface area contributed by atoms with E-state index in [-0.39, 0.29) is 29.1 Å². The van der Waals surface area contributed by atoms with Crippen molar-refractivity contribution in [2.24, 2.45) is 0 Å². The van der Waals surface area contributed by atoms with Crippen LogP contribution in [0, 0.1) is 19.7 Å². The molecule has 0 atom stereocenters. The van der Waals surface area contributed by atoms with Crippen molar-refractivity contribution in [1.82, 2.24) is 0 Å². The Balaban J connectivity index is 2.56. The van der Waals surface area contributed by atoms with E-state index in [4.69, 9.17) is 4.74 Å². The molecule has 0 aliphatic carbocycles. The van der Waals surface area contributed by atoms with Crippen LogP contribution in [0.3, 0.4) is 0 Å². The molecule has 0 bridgehead atoms. The summed E-state index contributed by atoms with van der Waals surface area (Å²) in [6.45, 7) is 8.18. The molecule has 0 unspecified atom stereocenters. The Kier molecular flexibility index (Phi) is 5.52. The zero-order valence-corrected chi connectivity index (χ0v) is 14.1. The van der Waals surface area contributed by atoms with Crippen molar-refractivity contribution >= 4 is 5.78 Å². The lowest BCUT2D eigenvalue weighted by Crippen LogP contribution is -2.13. The van der Waals surface area contributed by atoms with Gasteiger partial charge in [0.2, 0.25) is 0 Å². The van der Waals surface area contributed by atoms with Crippen LogP contribution in [-0.2, 0) is 13.2 Å². The number of ketones is 1. The van der Waals surface area contributed by atoms with Crippen LogP contribution < -0.4 is 4.74 Å². The normalized spacial score (nSPS) is 10.5. The van der Waals surface area contributed by atoms with Gasteiger partial charge in [-0.05, 0) is 31.9 Å². The molecule has 0 aromatic heterocycles. The first-order chi connectivity index (χ1) is 11.4. The molecule has 24 heavy (non-hydrogen) atoms. The molecular weight excluding hydrogens is 307 g/mol. The molecule has 0 spiro atoms. The Morgan fingerprint density at radius 2 is 1.83 bits per heavy atom. The average molecular weight is 328 g/mol. The zero-order chi connectivity index (χ0) is 17.9. The van der Waals surface area contributed by atoms with Crippen LogP contribution in [0.4, 0.5) is 4.39 Å². The summed E-state index contributed by atoms with van der Waals surface area (Å²) in [4.78, 5) is 12.5. The average Bonchev–Trinajstić information content (AvgIpc) is 2.57. The van der Waals surface area contributed by atoms with E-state index in [9.17, 15) is 14.3 Å². The Labute approximate surface area is 141 Å². The molecule has 4 heteroatoms. The molecule has 0 aliphatic rings. The summed E-state index contributed by atoms with van der Waals surface area (Å²) in [5.41, 5.74) is 2.15. The lowest BCUT2D eigenvalue weighted by molar-refractivity contribution is 0.102. The molecule has 126 valence electrons. The molecule has 3 nitrogen and oxygen atoms in total. The molecule has 0 heterocycles. The van der Waals surface area contributed by atoms with Gasteiger partial charge in [0, 0.05) is 16.7 Å². The standard InChI is InChI=1S/C20H21FO3/c1-12(2)19(23)17-14(4)18(21)16(10-22)13(3)20(17)24-11-15-8-6-5-7-9-15/h5-9,22H,1,10-11H2,2-4H3. The number of carbonyl (C=O) groups is 1. The molecule has 2 aromatic rings. The number of rotatable bonds is 6. The Morgan fingerprint density at radius 3 is 2.38 bits per heavy atom. The van der Waals surface area contributed by atoms with Gasteiger partial charge < -0.3 is 9.84 Å². The highest BCUT2D eigenvalue weighted by atomic mass is 19.1. The van der Waals surface area contributed by atoms with Gasteiger partial charge in [-0.3, -0.25) is 4.79 Å². The van der Waals surface area contributed by atoms with Gasteiger partial charge in [-0.1, -0.05) is 36.9 Å². The number of halogens is 1. The van der Waals surface area contributed by atoms with Crippen LogP contribution in [0.15, 0.2) is 42.5 Å². The summed E-state index contributed by atoms with van der Waals surface area (Å²) >= 11 is 0. The van der Waals surface area contributed by atoms with Crippen molar-refractivity contribution in [1.29, 1.82) is 0 Å². The van der Waals surface area contributed by atoms with Crippen molar-refractivity contribution in [3.63, 3.8) is 0 Å². The van der Waals surface area contributed by atoms with E-state index < -0.39 is 12.4 Å². The molecule has 0 fully saturated rings. The minimum Gasteiger partial charge on any atom is -0.488 e. The van der Waals surface area contributed by atoms with E-state index in [1.54, 1.807) is 13.8 Å². The molecule has 1 N–H and O–H groups in total. The number of allylic oxidation sites excluding steroid dienone is 1. The molecule has 0 radical (unpaired) electrons. The summed E-state index contributed by atoms with van der Waals surface area (Å²) in [5.74, 6) is -0.636. The number of hydrogen-bond acceptors (Lipinski definition) is 3. The molecular formula is C20H21FO3. The molecule has 2 rings (SSSR count). The summed E-state index contributed by atoms with van der Waals surface area (Å²) in [6, 6.07) is 9.48. The number of ether oxygens (including phenoxy) is 1. The predicted octanol–water partition coefficient (Wildman–Crippen LogP) is 4.27. The third-order valence-corrected chi connectivity index (χ3v) is 3.99. The van der Waals surface area contributed by atoms with E-state index in [0.29, 0.717) is 16.9 Å². The maximum absolute atomic E-state index is 14.5. The van der Waals surface area contributed by atoms with Crippen LogP contribution in [0.1, 0.15) is 39.5 Å². The van der Waals surface area contributed by atoms with E-state index >= 15 is 0 Å². The molecule has 0 saturated heterocycles. The minimum absolute atomic E-state index is 0.147. The summed E-state index contributed by atoms with van der Waals surface area (Å²) in [7, 11) is 0. The van der Waals surface area contributed by atoms with Crippen molar-refractivity contribution in [2.45, 2.75) is 34.0 Å². The second-order valence-corrected chi connectivity index (χ2v) is 5.79. The van der Waals surface area contributed by atoms with Gasteiger partial charge in [0.1, 0.15) is 18.2 Å². The van der Waals surface area contributed by atoms with E-state index in [1.807, 2.05) is 30.3 Å². The highest BCUT2D eigenvalue weighted by Gasteiger charge is 2.25. The second-order valence-electron chi connectivity index (χ2n) is 5.79. The van der Waals surface area contributed by atoms with E-state index in [0.717, 1.165) is 5.56 Å². The van der Waals surface area contributed by atoms with Crippen LogP contribution >= 0.6 is 0 Å². The third kappa shape index (κ3) is 3.39. The quantitative estimate of drug-likeness (QED) is 0.636. The van der Waals surface area contributed by atoms with Crippen molar-refractivity contribution in [2.75, 3.05) is 0 Å². The van der Waals surface area contributed by atoms with Gasteiger partial charge in [-0.25, -0.2) is 4.39 Å². The van der Waals surface area contributed by atoms with Crippen LogP contribution in [-0.4, -0.2) is 10.9 Å². The lowest BCUT2D eigenvalue weighted by Gasteiger charge is -2.19. The zero-order valence-electron chi connectivity index (χ0n) is 14.1. The number of benzene rings is 2. The largest absolute Gasteiger partial charge is 0.488 e. The van der Waals surface area contributed by atoms with Gasteiger partial charge >= 0.3 is 0 Å². The Bertz CT molecular complexity index is 779. The maximum Gasteiger partial charge on any atom is 0.192 e. The Hall–Kier alpha value is -2.46. The minimum atomic E-state index is -0.577. The third-order valence-electron chi connectivity index (χ3n) is 3.99. The van der Waals surface area contributed by atoms with Crippen molar-refractivity contribution < 1.29 is 19.0 Å². The first-order valence-electron chi connectivity index (χ1n) is 7.67. The maximum atomic E-state index is 14.5. The first-order valence-corrected chi connectivity index (χ1v) is 7.67. The molecule has 0 saturated carbocycles. The van der Waals surface area contributed by atoms with E-state index in [1.165, 1.54) is 6.92 Å². The number of carbonyl (C=O) groups excluding carboxylic acids is 1. The number of aliphatic hydroxyl groups excluding tert-OH is 1. The highest BCUT2D eigenvalue weighted by Crippen LogP contribution is 2.34. The van der Waals surface area contributed by atoms with Gasteiger partial charge in [0.05, 0.1) is 12.2 Å². The summed E-state index contributed by atoms with van der Waals surface area (Å²) in [5, 5.41) is 9.47. The fourth-order valence-corrected chi connectivity index (χ4v) is 2.58. The van der Waals surface area contributed by atoms with Crippen molar-refractivity contribution in [3.05, 3.63) is 76.1 Å². The van der Waals surface area contributed by atoms with Gasteiger partial charge in [-0.2, -0.15) is 0 Å². The number of Topliss-reactive ketones (excluding diaryl/α,β-unsaturated/α-hetero) is 1. The van der Waals surface area contributed by atoms with Crippen molar-refractivity contribution in [3.8, 4) is 5.75 Å². The van der Waals surface area contributed by atoms with Crippen LogP contribution in [0.2, 0.25) is 0 Å². The highest BCUT2D eigenvalue weighted by molar-refractivity contribution is 6.11. The lowest BCUT2D eigenvalue weighted by atomic mass is 9.93. The summed E-state index contributed by atoms with van der Waals surface area (Å²) < 4.78 is 20.4.